The Labute approximate surface area is 125 Å². The Morgan fingerprint density at radius 1 is 1.26 bits per heavy atom. The molecule has 0 N–H and O–H groups in total. The summed E-state index contributed by atoms with van der Waals surface area (Å²) >= 11 is 9.81. The van der Waals surface area contributed by atoms with Crippen molar-refractivity contribution < 1.29 is 9.13 Å². The molecule has 0 saturated heterocycles. The van der Waals surface area contributed by atoms with E-state index in [1.165, 1.54) is 13.2 Å². The highest BCUT2D eigenvalue weighted by Gasteiger charge is 2.12. The molecule has 2 aromatic rings. The molecule has 0 aliphatic heterocycles. The Balaban J connectivity index is 2.18. The first-order valence-corrected chi connectivity index (χ1v) is 7.05. The maximum absolute atomic E-state index is 13.3. The smallest absolute Gasteiger partial charge is 0.165 e. The van der Waals surface area contributed by atoms with E-state index in [9.17, 15) is 4.39 Å². The molecular formula is C15H13BrClFO. The van der Waals surface area contributed by atoms with Crippen LogP contribution in [0.4, 0.5) is 4.39 Å². The molecule has 0 aromatic heterocycles. The lowest BCUT2D eigenvalue weighted by Gasteiger charge is -2.12. The summed E-state index contributed by atoms with van der Waals surface area (Å²) in [5, 5.41) is -0.219. The van der Waals surface area contributed by atoms with Crippen LogP contribution in [0.3, 0.4) is 0 Å². The molecule has 2 aromatic carbocycles. The third kappa shape index (κ3) is 3.71. The predicted molar refractivity (Wildman–Crippen MR) is 79.4 cm³/mol. The summed E-state index contributed by atoms with van der Waals surface area (Å²) in [5.74, 6) is -0.157. The second-order valence-corrected chi connectivity index (χ2v) is 5.64. The summed E-state index contributed by atoms with van der Waals surface area (Å²) in [5.41, 5.74) is 1.97. The summed E-state index contributed by atoms with van der Waals surface area (Å²) in [7, 11) is 1.44. The van der Waals surface area contributed by atoms with Gasteiger partial charge in [-0.05, 0) is 41.8 Å². The number of benzene rings is 2. The summed E-state index contributed by atoms with van der Waals surface area (Å²) in [6, 6.07) is 12.7. The molecule has 0 fully saturated rings. The molecule has 2 rings (SSSR count). The molecule has 0 amide bonds. The highest BCUT2D eigenvalue weighted by molar-refractivity contribution is 9.10. The fraction of sp³-hybridized carbons (Fsp3) is 0.200. The number of ether oxygens (including phenoxy) is 1. The van der Waals surface area contributed by atoms with Crippen molar-refractivity contribution in [1.29, 1.82) is 0 Å². The van der Waals surface area contributed by atoms with Crippen LogP contribution in [0, 0.1) is 5.82 Å². The normalized spacial score (nSPS) is 12.2. The summed E-state index contributed by atoms with van der Waals surface area (Å²) < 4.78 is 19.3. The maximum atomic E-state index is 13.3. The Morgan fingerprint density at radius 2 is 2.05 bits per heavy atom. The SMILES string of the molecule is COc1cc(C(Cl)Cc2cccc(Br)c2)ccc1F. The maximum Gasteiger partial charge on any atom is 0.165 e. The van der Waals surface area contributed by atoms with E-state index in [-0.39, 0.29) is 16.9 Å². The summed E-state index contributed by atoms with van der Waals surface area (Å²) in [4.78, 5) is 0. The Morgan fingerprint density at radius 3 is 2.74 bits per heavy atom. The van der Waals surface area contributed by atoms with E-state index in [0.29, 0.717) is 6.42 Å². The molecule has 0 spiro atoms. The third-order valence-electron chi connectivity index (χ3n) is 2.84. The quantitative estimate of drug-likeness (QED) is 0.700. The predicted octanol–water partition coefficient (Wildman–Crippen LogP) is 5.12. The van der Waals surface area contributed by atoms with E-state index >= 15 is 0 Å². The monoisotopic (exact) mass is 342 g/mol. The first kappa shape index (κ1) is 14.4. The van der Waals surface area contributed by atoms with Gasteiger partial charge in [-0.25, -0.2) is 4.39 Å². The van der Waals surface area contributed by atoms with Gasteiger partial charge in [0.2, 0.25) is 0 Å². The van der Waals surface area contributed by atoms with Crippen LogP contribution in [0.25, 0.3) is 0 Å². The number of hydrogen-bond donors (Lipinski definition) is 0. The highest BCUT2D eigenvalue weighted by atomic mass is 79.9. The molecule has 19 heavy (non-hydrogen) atoms. The second-order valence-electron chi connectivity index (χ2n) is 4.20. The first-order chi connectivity index (χ1) is 9.10. The fourth-order valence-corrected chi connectivity index (χ4v) is 2.62. The molecule has 1 atom stereocenters. The topological polar surface area (TPSA) is 9.23 Å². The molecule has 4 heteroatoms. The van der Waals surface area contributed by atoms with Gasteiger partial charge in [0, 0.05) is 4.47 Å². The lowest BCUT2D eigenvalue weighted by molar-refractivity contribution is 0.386. The van der Waals surface area contributed by atoms with E-state index in [1.807, 2.05) is 24.3 Å². The molecular weight excluding hydrogens is 331 g/mol. The number of rotatable bonds is 4. The van der Waals surface area contributed by atoms with E-state index < -0.39 is 0 Å². The number of halogens is 3. The molecule has 0 radical (unpaired) electrons. The van der Waals surface area contributed by atoms with Crippen LogP contribution in [-0.2, 0) is 6.42 Å². The Kier molecular flexibility index (Phi) is 4.83. The van der Waals surface area contributed by atoms with Gasteiger partial charge in [-0.1, -0.05) is 34.1 Å². The molecule has 1 nitrogen and oxygen atoms in total. The minimum Gasteiger partial charge on any atom is -0.494 e. The van der Waals surface area contributed by atoms with Crippen molar-refractivity contribution >= 4 is 27.5 Å². The van der Waals surface area contributed by atoms with Crippen LogP contribution in [0.1, 0.15) is 16.5 Å². The van der Waals surface area contributed by atoms with Crippen LogP contribution >= 0.6 is 27.5 Å². The van der Waals surface area contributed by atoms with E-state index in [2.05, 4.69) is 15.9 Å². The molecule has 0 aliphatic rings. The summed E-state index contributed by atoms with van der Waals surface area (Å²) in [6.45, 7) is 0. The van der Waals surface area contributed by atoms with E-state index in [4.69, 9.17) is 16.3 Å². The van der Waals surface area contributed by atoms with Gasteiger partial charge in [-0.2, -0.15) is 0 Å². The zero-order valence-electron chi connectivity index (χ0n) is 10.4. The average molecular weight is 344 g/mol. The van der Waals surface area contributed by atoms with Crippen molar-refractivity contribution in [3.05, 3.63) is 63.9 Å². The minimum absolute atomic E-state index is 0.219. The molecule has 0 bridgehead atoms. The van der Waals surface area contributed by atoms with Crippen molar-refractivity contribution in [2.24, 2.45) is 0 Å². The zero-order chi connectivity index (χ0) is 13.8. The van der Waals surface area contributed by atoms with Crippen LogP contribution in [0.5, 0.6) is 5.75 Å². The average Bonchev–Trinajstić information content (AvgIpc) is 2.39. The van der Waals surface area contributed by atoms with Gasteiger partial charge in [-0.15, -0.1) is 11.6 Å². The van der Waals surface area contributed by atoms with Gasteiger partial charge in [0.05, 0.1) is 12.5 Å². The number of methoxy groups -OCH3 is 1. The zero-order valence-corrected chi connectivity index (χ0v) is 12.7. The van der Waals surface area contributed by atoms with E-state index in [0.717, 1.165) is 15.6 Å². The summed E-state index contributed by atoms with van der Waals surface area (Å²) in [6.07, 6.45) is 0.676. The molecule has 0 saturated carbocycles. The molecule has 100 valence electrons. The van der Waals surface area contributed by atoms with Gasteiger partial charge in [-0.3, -0.25) is 0 Å². The van der Waals surface area contributed by atoms with Crippen molar-refractivity contribution in [2.75, 3.05) is 7.11 Å². The second kappa shape index (κ2) is 6.40. The van der Waals surface area contributed by atoms with Crippen molar-refractivity contribution in [3.63, 3.8) is 0 Å². The van der Waals surface area contributed by atoms with Gasteiger partial charge < -0.3 is 4.74 Å². The van der Waals surface area contributed by atoms with Crippen LogP contribution in [-0.4, -0.2) is 7.11 Å². The highest BCUT2D eigenvalue weighted by Crippen LogP contribution is 2.29. The third-order valence-corrected chi connectivity index (χ3v) is 3.74. The van der Waals surface area contributed by atoms with Crippen LogP contribution in [0.2, 0.25) is 0 Å². The lowest BCUT2D eigenvalue weighted by Crippen LogP contribution is -1.98. The van der Waals surface area contributed by atoms with Crippen molar-refractivity contribution in [2.45, 2.75) is 11.8 Å². The number of hydrogen-bond acceptors (Lipinski definition) is 1. The van der Waals surface area contributed by atoms with Crippen molar-refractivity contribution in [3.8, 4) is 5.75 Å². The van der Waals surface area contributed by atoms with Gasteiger partial charge in [0.25, 0.3) is 0 Å². The fourth-order valence-electron chi connectivity index (χ4n) is 1.86. The van der Waals surface area contributed by atoms with Crippen LogP contribution in [0.15, 0.2) is 46.9 Å². The number of alkyl halides is 1. The van der Waals surface area contributed by atoms with Crippen LogP contribution < -0.4 is 4.74 Å². The Bertz CT molecular complexity index is 574. The lowest BCUT2D eigenvalue weighted by atomic mass is 10.0. The minimum atomic E-state index is -0.377. The van der Waals surface area contributed by atoms with E-state index in [1.54, 1.807) is 12.1 Å². The Hall–Kier alpha value is -1.06. The first-order valence-electron chi connectivity index (χ1n) is 5.82. The molecule has 0 heterocycles. The van der Waals surface area contributed by atoms with Crippen molar-refractivity contribution in [1.82, 2.24) is 0 Å². The van der Waals surface area contributed by atoms with Gasteiger partial charge >= 0.3 is 0 Å². The molecule has 1 unspecified atom stereocenters. The molecule has 0 aliphatic carbocycles. The van der Waals surface area contributed by atoms with Gasteiger partial charge in [0.1, 0.15) is 0 Å². The van der Waals surface area contributed by atoms with Gasteiger partial charge in [0.15, 0.2) is 11.6 Å². The largest absolute Gasteiger partial charge is 0.494 e. The standard InChI is InChI=1S/C15H13BrClFO/c1-19-15-9-11(5-6-14(15)18)13(17)8-10-3-2-4-12(16)7-10/h2-7,9,13H,8H2,1H3.